The van der Waals surface area contributed by atoms with Crippen molar-refractivity contribution in [2.75, 3.05) is 45.8 Å². The topological polar surface area (TPSA) is 60.9 Å². The van der Waals surface area contributed by atoms with Crippen molar-refractivity contribution in [2.24, 2.45) is 0 Å². The molecule has 23 heavy (non-hydrogen) atoms. The molecule has 130 valence electrons. The van der Waals surface area contributed by atoms with Gasteiger partial charge in [-0.15, -0.1) is 11.3 Å². The van der Waals surface area contributed by atoms with Gasteiger partial charge in [0, 0.05) is 44.1 Å². The second kappa shape index (κ2) is 7.74. The van der Waals surface area contributed by atoms with Crippen molar-refractivity contribution in [3.63, 3.8) is 0 Å². The molecule has 1 aromatic rings. The van der Waals surface area contributed by atoms with Gasteiger partial charge in [0.25, 0.3) is 10.0 Å². The first-order valence-electron chi connectivity index (χ1n) is 7.95. The SMILES string of the molecule is CCN(CC)C(=O)CN1CCN(S(=O)(=O)c2ccc(C)s2)CC1. The molecule has 0 aromatic carbocycles. The molecule has 0 bridgehead atoms. The number of carbonyl (C=O) groups is 1. The first-order chi connectivity index (χ1) is 10.9. The Morgan fingerprint density at radius 3 is 2.26 bits per heavy atom. The minimum atomic E-state index is -3.39. The predicted octanol–water partition coefficient (Wildman–Crippen LogP) is 1.23. The van der Waals surface area contributed by atoms with Crippen LogP contribution in [0, 0.1) is 6.92 Å². The molecule has 2 rings (SSSR count). The summed E-state index contributed by atoms with van der Waals surface area (Å²) in [5.41, 5.74) is 0. The Labute approximate surface area is 142 Å². The molecule has 0 spiro atoms. The van der Waals surface area contributed by atoms with Crippen LogP contribution in [0.4, 0.5) is 0 Å². The number of carbonyl (C=O) groups excluding carboxylic acids is 1. The Kier molecular flexibility index (Phi) is 6.19. The van der Waals surface area contributed by atoms with Crippen LogP contribution in [0.5, 0.6) is 0 Å². The van der Waals surface area contributed by atoms with Gasteiger partial charge in [0.05, 0.1) is 6.54 Å². The van der Waals surface area contributed by atoms with Gasteiger partial charge in [-0.05, 0) is 32.9 Å². The van der Waals surface area contributed by atoms with Gasteiger partial charge in [-0.3, -0.25) is 9.69 Å². The maximum absolute atomic E-state index is 12.6. The molecular weight excluding hydrogens is 334 g/mol. The number of sulfonamides is 1. The van der Waals surface area contributed by atoms with E-state index in [0.29, 0.717) is 50.0 Å². The third kappa shape index (κ3) is 4.32. The van der Waals surface area contributed by atoms with Gasteiger partial charge in [-0.1, -0.05) is 0 Å². The summed E-state index contributed by atoms with van der Waals surface area (Å²) in [6.07, 6.45) is 0. The summed E-state index contributed by atoms with van der Waals surface area (Å²) in [5.74, 6) is 0.111. The highest BCUT2D eigenvalue weighted by Gasteiger charge is 2.30. The number of aryl methyl sites for hydroxylation is 1. The van der Waals surface area contributed by atoms with E-state index in [2.05, 4.69) is 0 Å². The second-order valence-corrected chi connectivity index (χ2v) is 9.06. The van der Waals surface area contributed by atoms with E-state index >= 15 is 0 Å². The molecule has 0 saturated carbocycles. The van der Waals surface area contributed by atoms with Gasteiger partial charge in [0.1, 0.15) is 4.21 Å². The third-order valence-corrected chi connectivity index (χ3v) is 7.48. The van der Waals surface area contributed by atoms with Crippen LogP contribution in [0.15, 0.2) is 16.3 Å². The fraction of sp³-hybridized carbons (Fsp3) is 0.667. The molecule has 1 fully saturated rings. The first kappa shape index (κ1) is 18.4. The molecule has 0 N–H and O–H groups in total. The Morgan fingerprint density at radius 1 is 1.17 bits per heavy atom. The molecule has 2 heterocycles. The van der Waals surface area contributed by atoms with Crippen LogP contribution < -0.4 is 0 Å². The van der Waals surface area contributed by atoms with Crippen LogP contribution >= 0.6 is 11.3 Å². The van der Waals surface area contributed by atoms with Gasteiger partial charge in [0.2, 0.25) is 5.91 Å². The van der Waals surface area contributed by atoms with Crippen molar-refractivity contribution < 1.29 is 13.2 Å². The van der Waals surface area contributed by atoms with Crippen LogP contribution in [0.2, 0.25) is 0 Å². The molecule has 0 unspecified atom stereocenters. The summed E-state index contributed by atoms with van der Waals surface area (Å²) in [6.45, 7) is 9.68. The van der Waals surface area contributed by atoms with Crippen LogP contribution in [0.25, 0.3) is 0 Å². The lowest BCUT2D eigenvalue weighted by Gasteiger charge is -2.34. The van der Waals surface area contributed by atoms with Gasteiger partial charge >= 0.3 is 0 Å². The lowest BCUT2D eigenvalue weighted by atomic mass is 10.3. The number of hydrogen-bond acceptors (Lipinski definition) is 5. The monoisotopic (exact) mass is 359 g/mol. The van der Waals surface area contributed by atoms with E-state index < -0.39 is 10.0 Å². The molecule has 1 aliphatic heterocycles. The highest BCUT2D eigenvalue weighted by molar-refractivity contribution is 7.91. The number of hydrogen-bond donors (Lipinski definition) is 0. The summed E-state index contributed by atoms with van der Waals surface area (Å²) < 4.78 is 27.1. The molecule has 0 atom stereocenters. The van der Waals surface area contributed by atoms with E-state index in [1.165, 1.54) is 15.6 Å². The number of likely N-dealkylation sites (N-methyl/N-ethyl adjacent to an activating group) is 1. The van der Waals surface area contributed by atoms with Gasteiger partial charge in [-0.25, -0.2) is 8.42 Å². The Bertz CT molecular complexity index is 630. The van der Waals surface area contributed by atoms with Crippen LogP contribution in [-0.4, -0.2) is 74.2 Å². The van der Waals surface area contributed by atoms with Gasteiger partial charge in [0.15, 0.2) is 0 Å². The molecule has 0 radical (unpaired) electrons. The molecular formula is C15H25N3O3S2. The van der Waals surface area contributed by atoms with E-state index in [9.17, 15) is 13.2 Å². The number of amides is 1. The van der Waals surface area contributed by atoms with Crippen molar-refractivity contribution >= 4 is 27.3 Å². The van der Waals surface area contributed by atoms with Crippen molar-refractivity contribution in [2.45, 2.75) is 25.0 Å². The number of piperazine rings is 1. The van der Waals surface area contributed by atoms with E-state index in [1.54, 1.807) is 11.0 Å². The molecule has 8 heteroatoms. The third-order valence-electron chi connectivity index (χ3n) is 4.12. The highest BCUT2D eigenvalue weighted by Crippen LogP contribution is 2.25. The zero-order valence-electron chi connectivity index (χ0n) is 14.0. The lowest BCUT2D eigenvalue weighted by Crippen LogP contribution is -2.51. The normalized spacial score (nSPS) is 17.3. The summed E-state index contributed by atoms with van der Waals surface area (Å²) in [7, 11) is -3.39. The minimum absolute atomic E-state index is 0.111. The maximum atomic E-state index is 12.6. The summed E-state index contributed by atoms with van der Waals surface area (Å²) >= 11 is 1.31. The largest absolute Gasteiger partial charge is 0.342 e. The first-order valence-corrected chi connectivity index (χ1v) is 10.2. The number of nitrogens with zero attached hydrogens (tertiary/aromatic N) is 3. The van der Waals surface area contributed by atoms with Crippen molar-refractivity contribution in [3.8, 4) is 0 Å². The summed E-state index contributed by atoms with van der Waals surface area (Å²) in [4.78, 5) is 17.0. The minimum Gasteiger partial charge on any atom is -0.342 e. The van der Waals surface area contributed by atoms with Crippen molar-refractivity contribution in [3.05, 3.63) is 17.0 Å². The molecule has 1 aromatic heterocycles. The van der Waals surface area contributed by atoms with E-state index in [-0.39, 0.29) is 5.91 Å². The average molecular weight is 360 g/mol. The van der Waals surface area contributed by atoms with Crippen molar-refractivity contribution in [1.82, 2.24) is 14.1 Å². The Morgan fingerprint density at radius 2 is 1.78 bits per heavy atom. The van der Waals surface area contributed by atoms with Crippen LogP contribution in [-0.2, 0) is 14.8 Å². The smallest absolute Gasteiger partial charge is 0.252 e. The molecule has 1 amide bonds. The van der Waals surface area contributed by atoms with Crippen LogP contribution in [0.3, 0.4) is 0 Å². The predicted molar refractivity (Wildman–Crippen MR) is 92.2 cm³/mol. The summed E-state index contributed by atoms with van der Waals surface area (Å²) in [5, 5.41) is 0. The van der Waals surface area contributed by atoms with E-state index in [1.807, 2.05) is 31.7 Å². The lowest BCUT2D eigenvalue weighted by molar-refractivity contribution is -0.132. The summed E-state index contributed by atoms with van der Waals surface area (Å²) in [6, 6.07) is 3.50. The zero-order chi connectivity index (χ0) is 17.0. The number of thiophene rings is 1. The highest BCUT2D eigenvalue weighted by atomic mass is 32.2. The molecule has 0 aliphatic carbocycles. The Hall–Kier alpha value is -0.960. The standard InChI is InChI=1S/C15H25N3O3S2/c1-4-17(5-2)14(19)12-16-8-10-18(11-9-16)23(20,21)15-7-6-13(3)22-15/h6-7H,4-5,8-12H2,1-3H3. The van der Waals surface area contributed by atoms with Gasteiger partial charge in [-0.2, -0.15) is 4.31 Å². The fourth-order valence-electron chi connectivity index (χ4n) is 2.67. The van der Waals surface area contributed by atoms with E-state index in [4.69, 9.17) is 0 Å². The second-order valence-electron chi connectivity index (χ2n) is 5.61. The van der Waals surface area contributed by atoms with Crippen molar-refractivity contribution in [1.29, 1.82) is 0 Å². The van der Waals surface area contributed by atoms with Gasteiger partial charge < -0.3 is 4.90 Å². The van der Waals surface area contributed by atoms with E-state index in [0.717, 1.165) is 4.88 Å². The average Bonchev–Trinajstić information content (AvgIpc) is 2.96. The molecule has 1 saturated heterocycles. The fourth-order valence-corrected chi connectivity index (χ4v) is 5.53. The Balaban J connectivity index is 1.92. The maximum Gasteiger partial charge on any atom is 0.252 e. The molecule has 1 aliphatic rings. The number of rotatable bonds is 6. The quantitative estimate of drug-likeness (QED) is 0.766. The molecule has 6 nitrogen and oxygen atoms in total. The zero-order valence-corrected chi connectivity index (χ0v) is 15.6. The van der Waals surface area contributed by atoms with Crippen LogP contribution in [0.1, 0.15) is 18.7 Å².